The summed E-state index contributed by atoms with van der Waals surface area (Å²) in [7, 11) is 0. The van der Waals surface area contributed by atoms with Gasteiger partial charge in [-0.25, -0.2) is 8.78 Å². The summed E-state index contributed by atoms with van der Waals surface area (Å²) in [5.74, 6) is -0.411. The van der Waals surface area contributed by atoms with Crippen LogP contribution in [0.25, 0.3) is 0 Å². The number of amides is 1. The molecule has 3 atom stereocenters. The number of fused-ring (bicyclic) bond motifs is 2. The van der Waals surface area contributed by atoms with Crippen molar-refractivity contribution >= 4 is 5.91 Å². The number of carbonyl (C=O) groups excluding carboxylic acids is 1. The van der Waals surface area contributed by atoms with Gasteiger partial charge >= 0.3 is 0 Å². The molecule has 2 bridgehead atoms. The molecule has 4 aliphatic rings. The summed E-state index contributed by atoms with van der Waals surface area (Å²) in [5, 5.41) is 3.89. The molecule has 0 aliphatic carbocycles. The molecule has 5 heterocycles. The van der Waals surface area contributed by atoms with E-state index in [1.807, 2.05) is 4.90 Å². The highest BCUT2D eigenvalue weighted by Crippen LogP contribution is 2.47. The van der Waals surface area contributed by atoms with E-state index in [4.69, 9.17) is 4.52 Å². The van der Waals surface area contributed by atoms with Crippen molar-refractivity contribution in [1.82, 2.24) is 15.0 Å². The number of hydrogen-bond donors (Lipinski definition) is 0. The standard InChI is InChI=1S/C20H21F2N3O2/c1-11-6-17(23-27-11)20(26)25-10-16(13-7-14(21)9-15(22)8-13)19-18(25)12-2-4-24(19)5-3-12/h6-9,12,16,18-19H,2-5,10H2,1H3/t16-,18+,19+/m1/s1. The molecular formula is C20H21F2N3O2. The van der Waals surface area contributed by atoms with E-state index in [-0.39, 0.29) is 23.9 Å². The number of piperidine rings is 3. The van der Waals surface area contributed by atoms with Crippen LogP contribution in [0.1, 0.15) is 40.6 Å². The van der Waals surface area contributed by atoms with E-state index in [1.165, 1.54) is 12.1 Å². The zero-order valence-corrected chi connectivity index (χ0v) is 15.1. The predicted molar refractivity (Wildman–Crippen MR) is 93.2 cm³/mol. The molecule has 0 unspecified atom stereocenters. The number of likely N-dealkylation sites (tertiary alicyclic amines) is 1. The molecule has 0 N–H and O–H groups in total. The molecule has 4 aliphatic heterocycles. The Morgan fingerprint density at radius 3 is 2.44 bits per heavy atom. The van der Waals surface area contributed by atoms with Crippen molar-refractivity contribution in [3.05, 3.63) is 52.9 Å². The lowest BCUT2D eigenvalue weighted by Gasteiger charge is -2.51. The minimum atomic E-state index is -0.575. The third kappa shape index (κ3) is 2.67. The second-order valence-electron chi connectivity index (χ2n) is 7.94. The van der Waals surface area contributed by atoms with Gasteiger partial charge in [-0.2, -0.15) is 0 Å². The predicted octanol–water partition coefficient (Wildman–Crippen LogP) is 2.96. The number of benzene rings is 1. The molecule has 0 saturated carbocycles. The van der Waals surface area contributed by atoms with Crippen LogP contribution in [0.5, 0.6) is 0 Å². The van der Waals surface area contributed by atoms with Crippen LogP contribution in [0.4, 0.5) is 8.78 Å². The first-order chi connectivity index (χ1) is 13.0. The van der Waals surface area contributed by atoms with Gasteiger partial charge in [0, 0.05) is 30.6 Å². The van der Waals surface area contributed by atoms with Crippen molar-refractivity contribution in [3.8, 4) is 0 Å². The van der Waals surface area contributed by atoms with Gasteiger partial charge in [0.15, 0.2) is 5.69 Å². The molecule has 5 nitrogen and oxygen atoms in total. The Hall–Kier alpha value is -2.28. The van der Waals surface area contributed by atoms with E-state index in [0.29, 0.717) is 29.5 Å². The van der Waals surface area contributed by atoms with Crippen LogP contribution in [0.2, 0.25) is 0 Å². The first-order valence-corrected chi connectivity index (χ1v) is 9.45. The zero-order chi connectivity index (χ0) is 18.7. The number of nitrogens with zero attached hydrogens (tertiary/aromatic N) is 3. The average Bonchev–Trinajstić information content (AvgIpc) is 3.26. The van der Waals surface area contributed by atoms with E-state index >= 15 is 0 Å². The molecule has 4 fully saturated rings. The molecule has 1 amide bonds. The van der Waals surface area contributed by atoms with Crippen LogP contribution in [-0.4, -0.2) is 52.6 Å². The third-order valence-electron chi connectivity index (χ3n) is 6.42. The van der Waals surface area contributed by atoms with Crippen LogP contribution in [-0.2, 0) is 0 Å². The van der Waals surface area contributed by atoms with Gasteiger partial charge in [0.25, 0.3) is 5.91 Å². The van der Waals surface area contributed by atoms with Crippen molar-refractivity contribution in [1.29, 1.82) is 0 Å². The first-order valence-electron chi connectivity index (χ1n) is 9.45. The van der Waals surface area contributed by atoms with Crippen LogP contribution in [0, 0.1) is 24.5 Å². The Bertz CT molecular complexity index is 871. The molecule has 1 aromatic heterocycles. The summed E-state index contributed by atoms with van der Waals surface area (Å²) >= 11 is 0. The van der Waals surface area contributed by atoms with Gasteiger partial charge in [0.1, 0.15) is 17.4 Å². The SMILES string of the molecule is Cc1cc(C(=O)N2C[C@H](c3cc(F)cc(F)c3)[C@H]3[C@@H]2C2CCN3CC2)no1. The van der Waals surface area contributed by atoms with E-state index in [1.54, 1.807) is 13.0 Å². The fourth-order valence-corrected chi connectivity index (χ4v) is 5.35. The molecule has 2 aromatic rings. The Morgan fingerprint density at radius 2 is 1.81 bits per heavy atom. The van der Waals surface area contributed by atoms with Crippen LogP contribution in [0.3, 0.4) is 0 Å². The maximum absolute atomic E-state index is 13.9. The molecule has 6 rings (SSSR count). The van der Waals surface area contributed by atoms with Crippen molar-refractivity contribution in [2.24, 2.45) is 5.92 Å². The van der Waals surface area contributed by atoms with Gasteiger partial charge in [-0.15, -0.1) is 0 Å². The largest absolute Gasteiger partial charge is 0.361 e. The summed E-state index contributed by atoms with van der Waals surface area (Å²) < 4.78 is 32.8. The topological polar surface area (TPSA) is 49.6 Å². The maximum atomic E-state index is 13.9. The molecule has 1 aromatic carbocycles. The lowest BCUT2D eigenvalue weighted by molar-refractivity contribution is -0.00371. The normalized spacial score (nSPS) is 32.0. The molecule has 0 spiro atoms. The van der Waals surface area contributed by atoms with Crippen molar-refractivity contribution in [2.45, 2.75) is 37.8 Å². The Balaban J connectivity index is 1.54. The molecule has 0 radical (unpaired) electrons. The van der Waals surface area contributed by atoms with E-state index in [9.17, 15) is 13.6 Å². The minimum absolute atomic E-state index is 0.0494. The summed E-state index contributed by atoms with van der Waals surface area (Å²) in [6.07, 6.45) is 2.10. The van der Waals surface area contributed by atoms with Gasteiger partial charge in [-0.05, 0) is 56.5 Å². The Morgan fingerprint density at radius 1 is 1.11 bits per heavy atom. The number of hydrogen-bond acceptors (Lipinski definition) is 4. The summed E-state index contributed by atoms with van der Waals surface area (Å²) in [6.45, 7) is 4.15. The highest BCUT2D eigenvalue weighted by atomic mass is 19.1. The fraction of sp³-hybridized carbons (Fsp3) is 0.500. The third-order valence-corrected chi connectivity index (χ3v) is 6.42. The van der Waals surface area contributed by atoms with Crippen LogP contribution in [0.15, 0.2) is 28.8 Å². The second-order valence-corrected chi connectivity index (χ2v) is 7.94. The lowest BCUT2D eigenvalue weighted by Crippen LogP contribution is -2.60. The van der Waals surface area contributed by atoms with Gasteiger partial charge in [-0.3, -0.25) is 9.69 Å². The smallest absolute Gasteiger partial charge is 0.276 e. The highest BCUT2D eigenvalue weighted by Gasteiger charge is 2.55. The maximum Gasteiger partial charge on any atom is 0.276 e. The molecule has 7 heteroatoms. The monoisotopic (exact) mass is 373 g/mol. The summed E-state index contributed by atoms with van der Waals surface area (Å²) in [6, 6.07) is 5.49. The van der Waals surface area contributed by atoms with Gasteiger partial charge in [0.2, 0.25) is 0 Å². The van der Waals surface area contributed by atoms with Gasteiger partial charge < -0.3 is 9.42 Å². The zero-order valence-electron chi connectivity index (χ0n) is 15.1. The van der Waals surface area contributed by atoms with Crippen molar-refractivity contribution in [3.63, 3.8) is 0 Å². The number of aryl methyl sites for hydroxylation is 1. The Kier molecular flexibility index (Phi) is 3.82. The van der Waals surface area contributed by atoms with Crippen molar-refractivity contribution < 1.29 is 18.1 Å². The molecule has 4 saturated heterocycles. The van der Waals surface area contributed by atoms with Gasteiger partial charge in [0.05, 0.1) is 6.04 Å². The van der Waals surface area contributed by atoms with E-state index in [0.717, 1.165) is 32.0 Å². The van der Waals surface area contributed by atoms with Gasteiger partial charge in [-0.1, -0.05) is 5.16 Å². The Labute approximate surface area is 155 Å². The summed E-state index contributed by atoms with van der Waals surface area (Å²) in [5.41, 5.74) is 0.926. The highest BCUT2D eigenvalue weighted by molar-refractivity contribution is 5.93. The van der Waals surface area contributed by atoms with Crippen molar-refractivity contribution in [2.75, 3.05) is 19.6 Å². The quantitative estimate of drug-likeness (QED) is 0.812. The van der Waals surface area contributed by atoms with E-state index < -0.39 is 11.6 Å². The van der Waals surface area contributed by atoms with Crippen LogP contribution < -0.4 is 0 Å². The van der Waals surface area contributed by atoms with Crippen LogP contribution >= 0.6 is 0 Å². The number of carbonyl (C=O) groups is 1. The minimum Gasteiger partial charge on any atom is -0.361 e. The molecular weight excluding hydrogens is 352 g/mol. The number of halogens is 2. The summed E-state index contributed by atoms with van der Waals surface area (Å²) in [4.78, 5) is 17.4. The molecule has 27 heavy (non-hydrogen) atoms. The average molecular weight is 373 g/mol. The second kappa shape index (κ2) is 6.12. The van der Waals surface area contributed by atoms with E-state index in [2.05, 4.69) is 10.1 Å². The fourth-order valence-electron chi connectivity index (χ4n) is 5.35. The number of rotatable bonds is 2. The number of aromatic nitrogens is 1. The first kappa shape index (κ1) is 16.9. The molecule has 142 valence electrons. The lowest BCUT2D eigenvalue weighted by atomic mass is 9.75.